The van der Waals surface area contributed by atoms with Crippen LogP contribution in [0.15, 0.2) is 0 Å². The van der Waals surface area contributed by atoms with Crippen LogP contribution in [0, 0.1) is 0 Å². The molecule has 0 rings (SSSR count). The molecule has 0 aliphatic heterocycles. The van der Waals surface area contributed by atoms with E-state index < -0.39 is 22.3 Å². The molecule has 0 amide bonds. The molecule has 2 radical (unpaired) electrons. The van der Waals surface area contributed by atoms with E-state index in [4.69, 9.17) is 0 Å². The molecule has 0 fully saturated rings. The first kappa shape index (κ1) is 16.0. The third-order valence-electron chi connectivity index (χ3n) is 0. The molecule has 26 valence electrons. The van der Waals surface area contributed by atoms with Crippen LogP contribution in [0.4, 0.5) is 5.73 Å². The molecule has 0 spiro atoms. The van der Waals surface area contributed by atoms with E-state index in [0.717, 1.165) is 0 Å². The van der Waals surface area contributed by atoms with Crippen LogP contribution in [0.25, 0.3) is 0 Å². The summed E-state index contributed by atoms with van der Waals surface area (Å²) < 4.78 is 19.6. The van der Waals surface area contributed by atoms with Gasteiger partial charge in [-0.25, -0.2) is 0 Å². The summed E-state index contributed by atoms with van der Waals surface area (Å²) >= 11 is -2.77. The largest absolute Gasteiger partial charge is 1.00 e. The molecule has 0 aromatic heterocycles. The molecule has 0 saturated carbocycles. The predicted molar refractivity (Wildman–Crippen MR) is 7.97 cm³/mol. The molecule has 0 atom stereocenters. The normalized spacial score (nSPS) is 3.60. The Labute approximate surface area is 61.8 Å². The van der Waals surface area contributed by atoms with Gasteiger partial charge in [-0.15, -0.1) is 0 Å². The standard InChI is InChI=1S/3FH.Na.Sn/h3*1H;;/q;;;+1;+2/p-3. The van der Waals surface area contributed by atoms with E-state index in [2.05, 4.69) is 0 Å². The average Bonchev–Trinajstić information content (AvgIpc) is 0.918. The van der Waals surface area contributed by atoms with Gasteiger partial charge < -0.3 is 4.70 Å². The van der Waals surface area contributed by atoms with Crippen molar-refractivity contribution in [2.75, 3.05) is 0 Å². The van der Waals surface area contributed by atoms with Gasteiger partial charge in [-0.3, -0.25) is 0 Å². The van der Waals surface area contributed by atoms with Crippen LogP contribution in [0.2, 0.25) is 0 Å². The van der Waals surface area contributed by atoms with Crippen LogP contribution in [-0.2, 0) is 0 Å². The Balaban J connectivity index is -0.0000000200. The fourth-order valence-electron chi connectivity index (χ4n) is 0. The van der Waals surface area contributed by atoms with E-state index in [1.54, 1.807) is 0 Å². The molecular weight excluding hydrogens is 199 g/mol. The monoisotopic (exact) mass is 200 g/mol. The zero-order chi connectivity index (χ0) is 2.71. The minimum Gasteiger partial charge on any atom is 1.00 e. The summed E-state index contributed by atoms with van der Waals surface area (Å²) in [5, 5.41) is 0. The fraction of sp³-hybridized carbons (Fsp3) is 0. The molecule has 0 saturated heterocycles. The van der Waals surface area contributed by atoms with Crippen LogP contribution >= 0.6 is 0 Å². The Morgan fingerprint density at radius 2 is 1.20 bits per heavy atom. The average molecular weight is 199 g/mol. The summed E-state index contributed by atoms with van der Waals surface area (Å²) in [6.45, 7) is 0. The maximum atomic E-state index is 9.80. The molecule has 0 heterocycles. The summed E-state index contributed by atoms with van der Waals surface area (Å²) in [5.41, 5.74) is 0. The van der Waals surface area contributed by atoms with E-state index in [1.165, 1.54) is 0 Å². The topological polar surface area (TPSA) is 0 Å². The molecular formula is F3NaSn. The Bertz CT molecular complexity index is 6.85. The van der Waals surface area contributed by atoms with Gasteiger partial charge in [-0.05, 0) is 0 Å². The molecule has 0 bridgehead atoms. The SMILES string of the molecule is [F-].[F][Sn][F].[Na+]. The molecule has 0 aliphatic rings. The zero-order valence-corrected chi connectivity index (χ0v) is 7.49. The molecule has 5 heavy (non-hydrogen) atoms. The minimum atomic E-state index is -2.77. The van der Waals surface area contributed by atoms with Crippen LogP contribution in [0.1, 0.15) is 0 Å². The van der Waals surface area contributed by atoms with Gasteiger partial charge >= 0.3 is 57.6 Å². The van der Waals surface area contributed by atoms with Crippen molar-refractivity contribution in [1.29, 1.82) is 0 Å². The van der Waals surface area contributed by atoms with E-state index >= 15 is 0 Å². The summed E-state index contributed by atoms with van der Waals surface area (Å²) in [7, 11) is 0. The van der Waals surface area contributed by atoms with Crippen molar-refractivity contribution in [3.05, 3.63) is 0 Å². The van der Waals surface area contributed by atoms with Gasteiger partial charge in [0.05, 0.1) is 0 Å². The van der Waals surface area contributed by atoms with Gasteiger partial charge in [0.2, 0.25) is 0 Å². The van der Waals surface area contributed by atoms with Crippen molar-refractivity contribution in [3.8, 4) is 0 Å². The summed E-state index contributed by atoms with van der Waals surface area (Å²) in [6, 6.07) is 0. The van der Waals surface area contributed by atoms with Crippen molar-refractivity contribution < 1.29 is 40.0 Å². The second-order valence-electron chi connectivity index (χ2n) is 0.0714. The maximum absolute atomic E-state index is 9.80. The Morgan fingerprint density at radius 3 is 1.20 bits per heavy atom. The summed E-state index contributed by atoms with van der Waals surface area (Å²) in [6.07, 6.45) is 0. The Hall–Kier alpha value is 1.59. The van der Waals surface area contributed by atoms with Crippen molar-refractivity contribution in [2.24, 2.45) is 0 Å². The predicted octanol–water partition coefficient (Wildman–Crippen LogP) is -5.53. The van der Waals surface area contributed by atoms with Crippen LogP contribution in [0.3, 0.4) is 0 Å². The van der Waals surface area contributed by atoms with E-state index in [-0.39, 0.29) is 34.3 Å². The number of rotatable bonds is 0. The second kappa shape index (κ2) is 17.6. The maximum Gasteiger partial charge on any atom is 1.00 e. The van der Waals surface area contributed by atoms with Crippen molar-refractivity contribution in [3.63, 3.8) is 0 Å². The molecule has 0 unspecified atom stereocenters. The van der Waals surface area contributed by atoms with Gasteiger partial charge in [0.1, 0.15) is 0 Å². The third-order valence-corrected chi connectivity index (χ3v) is 0. The smallest absolute Gasteiger partial charge is 1.00 e. The number of halogens is 3. The molecule has 0 N–H and O–H groups in total. The zero-order valence-electron chi connectivity index (χ0n) is 2.63. The molecule has 0 aliphatic carbocycles. The van der Waals surface area contributed by atoms with Gasteiger partial charge in [0.25, 0.3) is 0 Å². The van der Waals surface area contributed by atoms with Crippen molar-refractivity contribution >= 4 is 22.3 Å². The summed E-state index contributed by atoms with van der Waals surface area (Å²) in [5.74, 6) is 0. The number of hydrogen-bond acceptors (Lipinski definition) is 0. The van der Waals surface area contributed by atoms with Gasteiger partial charge in [-0.2, -0.15) is 0 Å². The molecule has 0 aromatic carbocycles. The molecule has 5 heteroatoms. The van der Waals surface area contributed by atoms with Crippen LogP contribution in [0.5, 0.6) is 0 Å². The number of hydrogen-bond donors (Lipinski definition) is 0. The first-order valence-electron chi connectivity index (χ1n) is 0.378. The molecule has 0 nitrogen and oxygen atoms in total. The van der Waals surface area contributed by atoms with Crippen LogP contribution < -0.4 is 34.3 Å². The third kappa shape index (κ3) is 28.5. The van der Waals surface area contributed by atoms with Crippen molar-refractivity contribution in [1.82, 2.24) is 0 Å². The Morgan fingerprint density at radius 1 is 1.20 bits per heavy atom. The van der Waals surface area contributed by atoms with E-state index in [1.807, 2.05) is 0 Å². The quantitative estimate of drug-likeness (QED) is 0.341. The first-order valence-corrected chi connectivity index (χ1v) is 2.54. The van der Waals surface area contributed by atoms with Gasteiger partial charge in [0, 0.05) is 0 Å². The van der Waals surface area contributed by atoms with Crippen molar-refractivity contribution in [2.45, 2.75) is 0 Å². The second-order valence-corrected chi connectivity index (χ2v) is 0.479. The fourth-order valence-corrected chi connectivity index (χ4v) is 0. The summed E-state index contributed by atoms with van der Waals surface area (Å²) in [4.78, 5) is 0. The van der Waals surface area contributed by atoms with E-state index in [0.29, 0.717) is 0 Å². The Kier molecular flexibility index (Phi) is 56.1. The van der Waals surface area contributed by atoms with Gasteiger partial charge in [0.15, 0.2) is 0 Å². The first-order chi connectivity index (χ1) is 1.41. The molecule has 0 aromatic rings. The minimum absolute atomic E-state index is 0. The van der Waals surface area contributed by atoms with E-state index in [9.17, 15) is 5.73 Å². The van der Waals surface area contributed by atoms with Gasteiger partial charge in [-0.1, -0.05) is 0 Å². The van der Waals surface area contributed by atoms with Crippen LogP contribution in [-0.4, -0.2) is 22.3 Å².